The SMILES string of the molecule is CCCNS(=O)(=O)c1ccccc1CC(N)C1CC1. The molecule has 1 unspecified atom stereocenters. The van der Waals surface area contributed by atoms with Crippen LogP contribution in [-0.4, -0.2) is 21.0 Å². The number of nitrogens with two attached hydrogens (primary N) is 1. The van der Waals surface area contributed by atoms with Gasteiger partial charge in [-0.15, -0.1) is 0 Å². The maximum Gasteiger partial charge on any atom is 0.240 e. The summed E-state index contributed by atoms with van der Waals surface area (Å²) in [7, 11) is -3.41. The van der Waals surface area contributed by atoms with Gasteiger partial charge in [-0.05, 0) is 43.2 Å². The molecule has 1 saturated carbocycles. The lowest BCUT2D eigenvalue weighted by atomic mass is 10.0. The van der Waals surface area contributed by atoms with E-state index in [0.717, 1.165) is 12.0 Å². The third kappa shape index (κ3) is 3.78. The number of rotatable bonds is 7. The van der Waals surface area contributed by atoms with Crippen LogP contribution in [-0.2, 0) is 16.4 Å². The quantitative estimate of drug-likeness (QED) is 0.799. The molecule has 1 aliphatic rings. The Labute approximate surface area is 115 Å². The maximum atomic E-state index is 12.2. The number of hydrogen-bond donors (Lipinski definition) is 2. The van der Waals surface area contributed by atoms with Gasteiger partial charge in [0.15, 0.2) is 0 Å². The lowest BCUT2D eigenvalue weighted by molar-refractivity contribution is 0.569. The molecular formula is C14H22N2O2S. The molecule has 0 radical (unpaired) electrons. The molecule has 0 amide bonds. The van der Waals surface area contributed by atoms with Crippen molar-refractivity contribution in [1.29, 1.82) is 0 Å². The molecule has 4 nitrogen and oxygen atoms in total. The van der Waals surface area contributed by atoms with E-state index >= 15 is 0 Å². The Morgan fingerprint density at radius 1 is 1.37 bits per heavy atom. The maximum absolute atomic E-state index is 12.2. The summed E-state index contributed by atoms with van der Waals surface area (Å²) in [5.74, 6) is 0.569. The fourth-order valence-electron chi connectivity index (χ4n) is 2.19. The van der Waals surface area contributed by atoms with Crippen LogP contribution in [0.1, 0.15) is 31.7 Å². The van der Waals surface area contributed by atoms with Gasteiger partial charge in [0, 0.05) is 12.6 Å². The van der Waals surface area contributed by atoms with Crippen molar-refractivity contribution in [3.8, 4) is 0 Å². The zero-order chi connectivity index (χ0) is 13.9. The largest absolute Gasteiger partial charge is 0.327 e. The first-order chi connectivity index (χ1) is 9.04. The number of nitrogens with one attached hydrogen (secondary N) is 1. The second-order valence-electron chi connectivity index (χ2n) is 5.21. The topological polar surface area (TPSA) is 72.2 Å². The minimum Gasteiger partial charge on any atom is -0.327 e. The van der Waals surface area contributed by atoms with Crippen LogP contribution in [0, 0.1) is 5.92 Å². The van der Waals surface area contributed by atoms with Crippen LogP contribution in [0.4, 0.5) is 0 Å². The Bertz CT molecular complexity index is 524. The van der Waals surface area contributed by atoms with E-state index in [1.54, 1.807) is 12.1 Å². The van der Waals surface area contributed by atoms with Gasteiger partial charge in [0.1, 0.15) is 0 Å². The summed E-state index contributed by atoms with van der Waals surface area (Å²) in [6, 6.07) is 7.22. The van der Waals surface area contributed by atoms with Gasteiger partial charge in [-0.25, -0.2) is 13.1 Å². The highest BCUT2D eigenvalue weighted by Gasteiger charge is 2.29. The average Bonchev–Trinajstić information content (AvgIpc) is 3.21. The monoisotopic (exact) mass is 282 g/mol. The normalized spacial score (nSPS) is 17.4. The zero-order valence-electron chi connectivity index (χ0n) is 11.3. The number of sulfonamides is 1. The van der Waals surface area contributed by atoms with Crippen molar-refractivity contribution >= 4 is 10.0 Å². The number of benzene rings is 1. The first-order valence-electron chi connectivity index (χ1n) is 6.87. The highest BCUT2D eigenvalue weighted by molar-refractivity contribution is 7.89. The molecular weight excluding hydrogens is 260 g/mol. The summed E-state index contributed by atoms with van der Waals surface area (Å²) in [6.07, 6.45) is 3.76. The predicted molar refractivity (Wildman–Crippen MR) is 76.3 cm³/mol. The fraction of sp³-hybridized carbons (Fsp3) is 0.571. The molecule has 0 spiro atoms. The highest BCUT2D eigenvalue weighted by atomic mass is 32.2. The van der Waals surface area contributed by atoms with E-state index in [9.17, 15) is 8.42 Å². The Morgan fingerprint density at radius 3 is 2.68 bits per heavy atom. The van der Waals surface area contributed by atoms with Crippen LogP contribution in [0.5, 0.6) is 0 Å². The van der Waals surface area contributed by atoms with Crippen molar-refractivity contribution in [3.05, 3.63) is 29.8 Å². The van der Waals surface area contributed by atoms with Gasteiger partial charge in [-0.2, -0.15) is 0 Å². The van der Waals surface area contributed by atoms with Gasteiger partial charge in [-0.1, -0.05) is 25.1 Å². The molecule has 0 heterocycles. The van der Waals surface area contributed by atoms with E-state index in [1.807, 2.05) is 19.1 Å². The first-order valence-corrected chi connectivity index (χ1v) is 8.36. The van der Waals surface area contributed by atoms with E-state index < -0.39 is 10.0 Å². The summed E-state index contributed by atoms with van der Waals surface area (Å²) in [4.78, 5) is 0.375. The van der Waals surface area contributed by atoms with Crippen molar-refractivity contribution in [1.82, 2.24) is 4.72 Å². The van der Waals surface area contributed by atoms with Gasteiger partial charge in [0.25, 0.3) is 0 Å². The Morgan fingerprint density at radius 2 is 2.05 bits per heavy atom. The molecule has 0 saturated heterocycles. The minimum absolute atomic E-state index is 0.0718. The van der Waals surface area contributed by atoms with Crippen molar-refractivity contribution in [2.24, 2.45) is 11.7 Å². The van der Waals surface area contributed by atoms with E-state index in [1.165, 1.54) is 12.8 Å². The Hall–Kier alpha value is -0.910. The molecule has 1 aromatic carbocycles. The molecule has 106 valence electrons. The minimum atomic E-state index is -3.41. The lowest BCUT2D eigenvalue weighted by Crippen LogP contribution is -2.29. The molecule has 0 aliphatic heterocycles. The predicted octanol–water partition coefficient (Wildman–Crippen LogP) is 1.65. The number of hydrogen-bond acceptors (Lipinski definition) is 3. The van der Waals surface area contributed by atoms with Crippen LogP contribution < -0.4 is 10.5 Å². The molecule has 0 bridgehead atoms. The molecule has 19 heavy (non-hydrogen) atoms. The Kier molecular flexibility index (Phi) is 4.60. The second kappa shape index (κ2) is 6.03. The summed E-state index contributed by atoms with van der Waals surface area (Å²) >= 11 is 0. The van der Waals surface area contributed by atoms with E-state index in [-0.39, 0.29) is 6.04 Å². The third-order valence-corrected chi connectivity index (χ3v) is 5.05. The summed E-state index contributed by atoms with van der Waals surface area (Å²) in [6.45, 7) is 2.41. The van der Waals surface area contributed by atoms with E-state index in [4.69, 9.17) is 5.73 Å². The van der Waals surface area contributed by atoms with Crippen molar-refractivity contribution in [2.75, 3.05) is 6.54 Å². The fourth-order valence-corrected chi connectivity index (χ4v) is 3.58. The zero-order valence-corrected chi connectivity index (χ0v) is 12.1. The molecule has 1 aliphatic carbocycles. The molecule has 1 aromatic rings. The third-order valence-electron chi connectivity index (χ3n) is 3.49. The van der Waals surface area contributed by atoms with E-state index in [2.05, 4.69) is 4.72 Å². The van der Waals surface area contributed by atoms with Crippen LogP contribution in [0.15, 0.2) is 29.2 Å². The second-order valence-corrected chi connectivity index (χ2v) is 6.95. The molecule has 3 N–H and O–H groups in total. The highest BCUT2D eigenvalue weighted by Crippen LogP contribution is 2.33. The summed E-state index contributed by atoms with van der Waals surface area (Å²) < 4.78 is 27.1. The van der Waals surface area contributed by atoms with Crippen LogP contribution in [0.3, 0.4) is 0 Å². The van der Waals surface area contributed by atoms with Crippen LogP contribution in [0.25, 0.3) is 0 Å². The summed E-state index contributed by atoms with van der Waals surface area (Å²) in [5, 5.41) is 0. The molecule has 1 fully saturated rings. The lowest BCUT2D eigenvalue weighted by Gasteiger charge is -2.14. The molecule has 5 heteroatoms. The van der Waals surface area contributed by atoms with Crippen molar-refractivity contribution in [2.45, 2.75) is 43.5 Å². The van der Waals surface area contributed by atoms with Gasteiger partial charge in [0.05, 0.1) is 4.90 Å². The molecule has 0 aromatic heterocycles. The smallest absolute Gasteiger partial charge is 0.240 e. The Balaban J connectivity index is 2.19. The first kappa shape index (κ1) is 14.5. The van der Waals surface area contributed by atoms with Crippen LogP contribution >= 0.6 is 0 Å². The average molecular weight is 282 g/mol. The summed E-state index contributed by atoms with van der Waals surface area (Å²) in [5.41, 5.74) is 6.93. The standard InChI is InChI=1S/C14H22N2O2S/c1-2-9-16-19(17,18)14-6-4-3-5-12(14)10-13(15)11-7-8-11/h3-6,11,13,16H,2,7-10,15H2,1H3. The van der Waals surface area contributed by atoms with Crippen LogP contribution in [0.2, 0.25) is 0 Å². The molecule has 2 rings (SSSR count). The molecule has 1 atom stereocenters. The van der Waals surface area contributed by atoms with Crippen molar-refractivity contribution in [3.63, 3.8) is 0 Å². The van der Waals surface area contributed by atoms with Gasteiger partial charge < -0.3 is 5.73 Å². The van der Waals surface area contributed by atoms with Gasteiger partial charge in [0.2, 0.25) is 10.0 Å². The van der Waals surface area contributed by atoms with Gasteiger partial charge in [-0.3, -0.25) is 0 Å². The van der Waals surface area contributed by atoms with Gasteiger partial charge >= 0.3 is 0 Å². The van der Waals surface area contributed by atoms with Crippen molar-refractivity contribution < 1.29 is 8.42 Å². The van der Waals surface area contributed by atoms with E-state index in [0.29, 0.717) is 23.8 Å².